The lowest BCUT2D eigenvalue weighted by Gasteiger charge is -2.21. The van der Waals surface area contributed by atoms with Gasteiger partial charge in [-0.05, 0) is 19.9 Å². The Bertz CT molecular complexity index is 320. The minimum absolute atomic E-state index is 0.746. The molecule has 3 heteroatoms. The summed E-state index contributed by atoms with van der Waals surface area (Å²) in [5.41, 5.74) is 7.56. The van der Waals surface area contributed by atoms with Crippen LogP contribution >= 0.6 is 0 Å². The summed E-state index contributed by atoms with van der Waals surface area (Å²) >= 11 is 0. The highest BCUT2D eigenvalue weighted by molar-refractivity contribution is 5.50. The van der Waals surface area contributed by atoms with Crippen LogP contribution < -0.4 is 10.6 Å². The van der Waals surface area contributed by atoms with Crippen LogP contribution in [0.5, 0.6) is 0 Å². The molecule has 0 saturated carbocycles. The average Bonchev–Trinajstić information content (AvgIpc) is 2.14. The summed E-state index contributed by atoms with van der Waals surface area (Å²) in [6.07, 6.45) is 1.73. The highest BCUT2D eigenvalue weighted by Crippen LogP contribution is 2.14. The van der Waals surface area contributed by atoms with Gasteiger partial charge < -0.3 is 10.6 Å². The molecule has 1 aromatic rings. The number of aromatic nitrogens is 1. The topological polar surface area (TPSA) is 42.1 Å². The van der Waals surface area contributed by atoms with Crippen LogP contribution in [-0.4, -0.2) is 18.1 Å². The van der Waals surface area contributed by atoms with Crippen LogP contribution in [0.3, 0.4) is 0 Å². The molecule has 0 aliphatic rings. The van der Waals surface area contributed by atoms with Crippen molar-refractivity contribution in [2.24, 2.45) is 0 Å². The number of pyridine rings is 1. The monoisotopic (exact) mass is 191 g/mol. The minimum Gasteiger partial charge on any atom is -0.399 e. The molecule has 14 heavy (non-hydrogen) atoms. The van der Waals surface area contributed by atoms with Gasteiger partial charge >= 0.3 is 0 Å². The molecule has 0 amide bonds. The third-order valence-electron chi connectivity index (χ3n) is 1.94. The Morgan fingerprint density at radius 3 is 2.86 bits per heavy atom. The molecule has 0 saturated heterocycles. The normalized spacial score (nSPS) is 9.86. The summed E-state index contributed by atoms with van der Waals surface area (Å²) in [5.74, 6) is 0.913. The van der Waals surface area contributed by atoms with Crippen LogP contribution in [0.4, 0.5) is 11.5 Å². The fourth-order valence-corrected chi connectivity index (χ4v) is 1.29. The highest BCUT2D eigenvalue weighted by atomic mass is 15.2. The third kappa shape index (κ3) is 2.76. The van der Waals surface area contributed by atoms with Crippen molar-refractivity contribution >= 4 is 11.5 Å². The zero-order valence-corrected chi connectivity index (χ0v) is 8.83. The van der Waals surface area contributed by atoms with E-state index in [1.165, 1.54) is 0 Å². The largest absolute Gasteiger partial charge is 0.399 e. The maximum Gasteiger partial charge on any atom is 0.130 e. The van der Waals surface area contributed by atoms with Crippen molar-refractivity contribution in [1.82, 2.24) is 4.98 Å². The Balaban J connectivity index is 2.83. The van der Waals surface area contributed by atoms with Gasteiger partial charge in [-0.15, -0.1) is 0 Å². The molecule has 1 aromatic heterocycles. The number of likely N-dealkylation sites (N-methyl/N-ethyl adjacent to an activating group) is 1. The molecule has 3 nitrogen and oxygen atoms in total. The van der Waals surface area contributed by atoms with Gasteiger partial charge in [-0.25, -0.2) is 4.98 Å². The van der Waals surface area contributed by atoms with Gasteiger partial charge in [0.1, 0.15) is 5.82 Å². The summed E-state index contributed by atoms with van der Waals surface area (Å²) < 4.78 is 0. The van der Waals surface area contributed by atoms with Crippen LogP contribution in [0.25, 0.3) is 0 Å². The second-order valence-electron chi connectivity index (χ2n) is 3.42. The van der Waals surface area contributed by atoms with Crippen LogP contribution in [0, 0.1) is 0 Å². The van der Waals surface area contributed by atoms with E-state index in [4.69, 9.17) is 5.73 Å². The Morgan fingerprint density at radius 2 is 2.36 bits per heavy atom. The van der Waals surface area contributed by atoms with Crippen molar-refractivity contribution in [3.05, 3.63) is 30.5 Å². The molecule has 1 rings (SSSR count). The second kappa shape index (κ2) is 4.65. The van der Waals surface area contributed by atoms with E-state index < -0.39 is 0 Å². The van der Waals surface area contributed by atoms with Crippen LogP contribution in [0.1, 0.15) is 13.8 Å². The Morgan fingerprint density at radius 1 is 1.64 bits per heavy atom. The summed E-state index contributed by atoms with van der Waals surface area (Å²) in [4.78, 5) is 6.41. The predicted octanol–water partition coefficient (Wildman–Crippen LogP) is 2.07. The molecule has 0 unspecified atom stereocenters. The van der Waals surface area contributed by atoms with Crippen LogP contribution in [0.15, 0.2) is 30.5 Å². The highest BCUT2D eigenvalue weighted by Gasteiger charge is 2.05. The van der Waals surface area contributed by atoms with Gasteiger partial charge in [-0.2, -0.15) is 0 Å². The standard InChI is InChI=1S/C11H17N3/c1-4-14(8-9(2)3)11-7-10(12)5-6-13-11/h5-7H,2,4,8H2,1,3H3,(H2,12,13). The molecule has 76 valence electrons. The number of rotatable bonds is 4. The smallest absolute Gasteiger partial charge is 0.130 e. The number of nitrogen functional groups attached to an aromatic ring is 1. The minimum atomic E-state index is 0.746. The average molecular weight is 191 g/mol. The molecule has 0 bridgehead atoms. The summed E-state index contributed by atoms with van der Waals surface area (Å²) in [6, 6.07) is 3.67. The predicted molar refractivity (Wildman–Crippen MR) is 61.4 cm³/mol. The molecule has 0 atom stereocenters. The van der Waals surface area contributed by atoms with Crippen LogP contribution in [0.2, 0.25) is 0 Å². The first kappa shape index (κ1) is 10.6. The maximum atomic E-state index is 5.69. The Kier molecular flexibility index (Phi) is 3.51. The fourth-order valence-electron chi connectivity index (χ4n) is 1.29. The van der Waals surface area contributed by atoms with Crippen LogP contribution in [-0.2, 0) is 0 Å². The van der Waals surface area contributed by atoms with E-state index in [2.05, 4.69) is 23.4 Å². The first-order chi connectivity index (χ1) is 6.63. The maximum absolute atomic E-state index is 5.69. The fraction of sp³-hybridized carbons (Fsp3) is 0.364. The van der Waals surface area contributed by atoms with Crippen molar-refractivity contribution < 1.29 is 0 Å². The molecule has 0 fully saturated rings. The number of hydrogen-bond donors (Lipinski definition) is 1. The van der Waals surface area contributed by atoms with Gasteiger partial charge in [0.05, 0.1) is 0 Å². The Hall–Kier alpha value is -1.51. The molecule has 0 aromatic carbocycles. The van der Waals surface area contributed by atoms with Crippen molar-refractivity contribution in [2.75, 3.05) is 23.7 Å². The number of nitrogens with zero attached hydrogens (tertiary/aromatic N) is 2. The van der Waals surface area contributed by atoms with E-state index in [0.29, 0.717) is 0 Å². The Labute approximate surface area is 85.3 Å². The van der Waals surface area contributed by atoms with Gasteiger partial charge in [0, 0.05) is 31.0 Å². The van der Waals surface area contributed by atoms with Gasteiger partial charge in [-0.1, -0.05) is 12.2 Å². The zero-order chi connectivity index (χ0) is 10.6. The SMILES string of the molecule is C=C(C)CN(CC)c1cc(N)ccn1. The molecule has 0 spiro atoms. The molecular formula is C11H17N3. The number of hydrogen-bond acceptors (Lipinski definition) is 3. The molecule has 2 N–H and O–H groups in total. The second-order valence-corrected chi connectivity index (χ2v) is 3.42. The van der Waals surface area contributed by atoms with Gasteiger partial charge in [-0.3, -0.25) is 0 Å². The van der Waals surface area contributed by atoms with E-state index in [1.54, 1.807) is 12.3 Å². The lowest BCUT2D eigenvalue weighted by molar-refractivity contribution is 0.860. The van der Waals surface area contributed by atoms with Gasteiger partial charge in [0.2, 0.25) is 0 Å². The molecule has 1 heterocycles. The summed E-state index contributed by atoms with van der Waals surface area (Å²) in [7, 11) is 0. The van der Waals surface area contributed by atoms with Gasteiger partial charge in [0.15, 0.2) is 0 Å². The van der Waals surface area contributed by atoms with Crippen molar-refractivity contribution in [1.29, 1.82) is 0 Å². The quantitative estimate of drug-likeness (QED) is 0.741. The number of anilines is 2. The summed E-state index contributed by atoms with van der Waals surface area (Å²) in [6.45, 7) is 9.72. The van der Waals surface area contributed by atoms with Crippen molar-refractivity contribution in [3.63, 3.8) is 0 Å². The molecule has 0 aliphatic carbocycles. The third-order valence-corrected chi connectivity index (χ3v) is 1.94. The van der Waals surface area contributed by atoms with Crippen molar-refractivity contribution in [2.45, 2.75) is 13.8 Å². The van der Waals surface area contributed by atoms with E-state index >= 15 is 0 Å². The first-order valence-electron chi connectivity index (χ1n) is 4.74. The van der Waals surface area contributed by atoms with E-state index in [-0.39, 0.29) is 0 Å². The van der Waals surface area contributed by atoms with Gasteiger partial charge in [0.25, 0.3) is 0 Å². The number of nitrogens with two attached hydrogens (primary N) is 1. The molecule has 0 radical (unpaired) electrons. The van der Waals surface area contributed by atoms with E-state index in [1.807, 2.05) is 13.0 Å². The summed E-state index contributed by atoms with van der Waals surface area (Å²) in [5, 5.41) is 0. The lowest BCUT2D eigenvalue weighted by Crippen LogP contribution is -2.25. The molecular weight excluding hydrogens is 174 g/mol. The lowest BCUT2D eigenvalue weighted by atomic mass is 10.3. The van der Waals surface area contributed by atoms with E-state index in [0.717, 1.165) is 30.2 Å². The molecule has 0 aliphatic heterocycles. The van der Waals surface area contributed by atoms with E-state index in [9.17, 15) is 0 Å². The first-order valence-corrected chi connectivity index (χ1v) is 4.74. The zero-order valence-electron chi connectivity index (χ0n) is 8.83. The van der Waals surface area contributed by atoms with Crippen molar-refractivity contribution in [3.8, 4) is 0 Å².